The fourth-order valence-electron chi connectivity index (χ4n) is 2.07. The molecule has 0 bridgehead atoms. The van der Waals surface area contributed by atoms with Gasteiger partial charge in [-0.25, -0.2) is 22.5 Å². The summed E-state index contributed by atoms with van der Waals surface area (Å²) in [6.07, 6.45) is 1.38. The molecular formula is C14H15Br2FN2O2S2. The summed E-state index contributed by atoms with van der Waals surface area (Å²) < 4.78 is 40.9. The zero-order valence-electron chi connectivity index (χ0n) is 12.5. The quantitative estimate of drug-likeness (QED) is 0.667. The molecule has 9 heteroatoms. The van der Waals surface area contributed by atoms with E-state index in [4.69, 9.17) is 0 Å². The second-order valence-electron chi connectivity index (χ2n) is 4.81. The van der Waals surface area contributed by atoms with Crippen molar-refractivity contribution in [3.8, 4) is 0 Å². The van der Waals surface area contributed by atoms with Gasteiger partial charge in [-0.1, -0.05) is 6.92 Å². The third-order valence-electron chi connectivity index (χ3n) is 3.13. The molecule has 0 aliphatic heterocycles. The molecule has 0 saturated heterocycles. The number of aryl methyl sites for hydroxylation is 2. The van der Waals surface area contributed by atoms with Gasteiger partial charge in [0.1, 0.15) is 10.7 Å². The molecule has 1 N–H and O–H groups in total. The Kier molecular flexibility index (Phi) is 6.35. The molecule has 1 aromatic carbocycles. The van der Waals surface area contributed by atoms with Crippen LogP contribution in [0.1, 0.15) is 22.5 Å². The van der Waals surface area contributed by atoms with Crippen LogP contribution < -0.4 is 4.72 Å². The number of rotatable bonds is 6. The number of nitrogens with one attached hydrogen (secondary N) is 1. The van der Waals surface area contributed by atoms with Crippen LogP contribution in [0.5, 0.6) is 0 Å². The van der Waals surface area contributed by atoms with Crippen LogP contribution in [0.4, 0.5) is 4.39 Å². The molecule has 0 unspecified atom stereocenters. The molecule has 23 heavy (non-hydrogen) atoms. The molecule has 0 radical (unpaired) electrons. The third-order valence-corrected chi connectivity index (χ3v) is 7.54. The van der Waals surface area contributed by atoms with Gasteiger partial charge in [-0.05, 0) is 57.3 Å². The zero-order valence-corrected chi connectivity index (χ0v) is 17.3. The molecule has 0 saturated carbocycles. The van der Waals surface area contributed by atoms with Crippen LogP contribution in [0, 0.1) is 12.7 Å². The minimum absolute atomic E-state index is 0.0107. The molecular weight excluding hydrogens is 471 g/mol. The Bertz CT molecular complexity index is 799. The summed E-state index contributed by atoms with van der Waals surface area (Å²) in [6.45, 7) is 4.28. The summed E-state index contributed by atoms with van der Waals surface area (Å²) in [5, 5.41) is 0.902. The number of hydrogen-bond acceptors (Lipinski definition) is 4. The Labute approximate surface area is 155 Å². The maximum Gasteiger partial charge on any atom is 0.242 e. The maximum absolute atomic E-state index is 13.3. The number of halogens is 3. The first-order valence-corrected chi connectivity index (χ1v) is 10.7. The van der Waals surface area contributed by atoms with E-state index in [0.29, 0.717) is 6.42 Å². The SMILES string of the molecule is CCc1nc(CCNS(=O)(=O)c2c(Br)cc(F)cc2Br)sc1C. The normalized spacial score (nSPS) is 11.9. The van der Waals surface area contributed by atoms with E-state index < -0.39 is 15.8 Å². The van der Waals surface area contributed by atoms with Gasteiger partial charge in [0, 0.05) is 26.8 Å². The average Bonchev–Trinajstić information content (AvgIpc) is 2.77. The Morgan fingerprint density at radius 3 is 2.43 bits per heavy atom. The van der Waals surface area contributed by atoms with E-state index >= 15 is 0 Å². The predicted molar refractivity (Wildman–Crippen MR) is 96.9 cm³/mol. The summed E-state index contributed by atoms with van der Waals surface area (Å²) >= 11 is 7.77. The van der Waals surface area contributed by atoms with Crippen molar-refractivity contribution in [2.75, 3.05) is 6.54 Å². The molecule has 2 rings (SSSR count). The van der Waals surface area contributed by atoms with Crippen LogP contribution in [-0.4, -0.2) is 19.9 Å². The van der Waals surface area contributed by atoms with Crippen molar-refractivity contribution < 1.29 is 12.8 Å². The Balaban J connectivity index is 2.10. The molecule has 0 atom stereocenters. The van der Waals surface area contributed by atoms with Gasteiger partial charge in [0.05, 0.1) is 10.7 Å². The van der Waals surface area contributed by atoms with Crippen molar-refractivity contribution in [1.29, 1.82) is 0 Å². The lowest BCUT2D eigenvalue weighted by Crippen LogP contribution is -2.26. The molecule has 0 spiro atoms. The molecule has 0 aliphatic carbocycles. The third kappa shape index (κ3) is 4.60. The van der Waals surface area contributed by atoms with Crippen molar-refractivity contribution in [3.63, 3.8) is 0 Å². The Morgan fingerprint density at radius 2 is 1.91 bits per heavy atom. The Hall–Kier alpha value is -0.350. The van der Waals surface area contributed by atoms with Crippen molar-refractivity contribution in [2.45, 2.75) is 31.6 Å². The van der Waals surface area contributed by atoms with Crippen LogP contribution in [0.3, 0.4) is 0 Å². The number of hydrogen-bond donors (Lipinski definition) is 1. The van der Waals surface area contributed by atoms with E-state index in [2.05, 4.69) is 41.6 Å². The van der Waals surface area contributed by atoms with Crippen LogP contribution in [-0.2, 0) is 22.9 Å². The van der Waals surface area contributed by atoms with Crippen LogP contribution in [0.15, 0.2) is 26.0 Å². The van der Waals surface area contributed by atoms with Gasteiger partial charge in [-0.15, -0.1) is 11.3 Å². The lowest BCUT2D eigenvalue weighted by molar-refractivity contribution is 0.579. The molecule has 126 valence electrons. The zero-order chi connectivity index (χ0) is 17.2. The standard InChI is InChI=1S/C14H15Br2FN2O2S2/c1-3-12-8(2)22-13(19-12)4-5-18-23(20,21)14-10(15)6-9(17)7-11(14)16/h6-7,18H,3-5H2,1-2H3. The van der Waals surface area contributed by atoms with E-state index in [9.17, 15) is 12.8 Å². The molecule has 2 aromatic rings. The summed E-state index contributed by atoms with van der Waals surface area (Å²) in [5.74, 6) is -0.520. The molecule has 0 amide bonds. The lowest BCUT2D eigenvalue weighted by Gasteiger charge is -2.10. The van der Waals surface area contributed by atoms with E-state index in [1.54, 1.807) is 11.3 Å². The number of aromatic nitrogens is 1. The van der Waals surface area contributed by atoms with Crippen LogP contribution in [0.2, 0.25) is 0 Å². The molecule has 1 heterocycles. The number of nitrogens with zero attached hydrogens (tertiary/aromatic N) is 1. The van der Waals surface area contributed by atoms with Crippen LogP contribution in [0.25, 0.3) is 0 Å². The number of sulfonamides is 1. The maximum atomic E-state index is 13.3. The summed E-state index contributed by atoms with van der Waals surface area (Å²) in [5.41, 5.74) is 1.05. The van der Waals surface area contributed by atoms with Gasteiger partial charge in [0.25, 0.3) is 0 Å². The monoisotopic (exact) mass is 484 g/mol. The fraction of sp³-hybridized carbons (Fsp3) is 0.357. The van der Waals surface area contributed by atoms with Gasteiger partial charge in [0.2, 0.25) is 10.0 Å². The van der Waals surface area contributed by atoms with Crippen LogP contribution >= 0.6 is 43.2 Å². The Morgan fingerprint density at radius 1 is 1.30 bits per heavy atom. The predicted octanol–water partition coefficient (Wildman–Crippen LogP) is 4.20. The van der Waals surface area contributed by atoms with E-state index in [0.717, 1.165) is 34.1 Å². The minimum atomic E-state index is -3.75. The average molecular weight is 486 g/mol. The summed E-state index contributed by atoms with van der Waals surface area (Å²) in [6, 6.07) is 2.24. The van der Waals surface area contributed by atoms with Crippen molar-refractivity contribution in [3.05, 3.63) is 42.5 Å². The van der Waals surface area contributed by atoms with E-state index in [1.165, 1.54) is 0 Å². The molecule has 0 aliphatic rings. The summed E-state index contributed by atoms with van der Waals surface area (Å²) in [7, 11) is -3.75. The lowest BCUT2D eigenvalue weighted by atomic mass is 10.3. The molecule has 4 nitrogen and oxygen atoms in total. The second kappa shape index (κ2) is 7.69. The number of thiazole rings is 1. The van der Waals surface area contributed by atoms with Crippen molar-refractivity contribution in [1.82, 2.24) is 9.71 Å². The highest BCUT2D eigenvalue weighted by atomic mass is 79.9. The van der Waals surface area contributed by atoms with E-state index in [-0.39, 0.29) is 20.4 Å². The van der Waals surface area contributed by atoms with E-state index in [1.807, 2.05) is 13.8 Å². The molecule has 1 aromatic heterocycles. The molecule has 0 fully saturated rings. The van der Waals surface area contributed by atoms with Gasteiger partial charge in [0.15, 0.2) is 0 Å². The largest absolute Gasteiger partial charge is 0.246 e. The minimum Gasteiger partial charge on any atom is -0.246 e. The van der Waals surface area contributed by atoms with Gasteiger partial charge >= 0.3 is 0 Å². The van der Waals surface area contributed by atoms with Gasteiger partial charge in [-0.3, -0.25) is 0 Å². The van der Waals surface area contributed by atoms with Gasteiger partial charge in [-0.2, -0.15) is 0 Å². The first-order valence-electron chi connectivity index (χ1n) is 6.84. The fourth-order valence-corrected chi connectivity index (χ4v) is 6.65. The topological polar surface area (TPSA) is 59.1 Å². The highest BCUT2D eigenvalue weighted by Gasteiger charge is 2.22. The highest BCUT2D eigenvalue weighted by Crippen LogP contribution is 2.30. The smallest absolute Gasteiger partial charge is 0.242 e. The first kappa shape index (κ1) is 19.0. The van der Waals surface area contributed by atoms with Gasteiger partial charge < -0.3 is 0 Å². The number of benzene rings is 1. The first-order chi connectivity index (χ1) is 10.7. The second-order valence-corrected chi connectivity index (χ2v) is 9.51. The van der Waals surface area contributed by atoms with Crippen molar-refractivity contribution >= 4 is 53.2 Å². The summed E-state index contributed by atoms with van der Waals surface area (Å²) in [4.78, 5) is 5.63. The highest BCUT2D eigenvalue weighted by molar-refractivity contribution is 9.11. The van der Waals surface area contributed by atoms with Crippen molar-refractivity contribution in [2.24, 2.45) is 0 Å².